The predicted molar refractivity (Wildman–Crippen MR) is 53.7 cm³/mol. The molecule has 0 fully saturated rings. The zero-order valence-electron chi connectivity index (χ0n) is 8.24. The normalized spacial score (nSPS) is 12.7. The van der Waals surface area contributed by atoms with Crippen molar-refractivity contribution in [3.05, 3.63) is 35.4 Å². The maximum absolute atomic E-state index is 12.9. The lowest BCUT2D eigenvalue weighted by Crippen LogP contribution is -1.97. The molecule has 0 aliphatic heterocycles. The van der Waals surface area contributed by atoms with Crippen LogP contribution in [0, 0.1) is 23.0 Å². The van der Waals surface area contributed by atoms with Crippen LogP contribution in [0.15, 0.2) is 23.2 Å². The Labute approximate surface area is 86.9 Å². The molecule has 0 N–H and O–H groups in total. The van der Waals surface area contributed by atoms with E-state index < -0.39 is 11.6 Å². The summed E-state index contributed by atoms with van der Waals surface area (Å²) in [7, 11) is 0. The first-order valence-electron chi connectivity index (χ1n) is 4.47. The minimum Gasteiger partial charge on any atom is -0.282 e. The van der Waals surface area contributed by atoms with Gasteiger partial charge in [-0.3, -0.25) is 4.99 Å². The molecule has 0 saturated carbocycles. The van der Waals surface area contributed by atoms with Crippen LogP contribution in [0.25, 0.3) is 0 Å². The summed E-state index contributed by atoms with van der Waals surface area (Å²) in [6.45, 7) is 1.88. The van der Waals surface area contributed by atoms with Gasteiger partial charge in [0.15, 0.2) is 11.6 Å². The Morgan fingerprint density at radius 1 is 1.47 bits per heavy atom. The summed E-state index contributed by atoms with van der Waals surface area (Å²) in [6.07, 6.45) is 1.55. The van der Waals surface area contributed by atoms with Gasteiger partial charge >= 0.3 is 0 Å². The molecule has 0 radical (unpaired) electrons. The second-order valence-electron chi connectivity index (χ2n) is 3.11. The van der Waals surface area contributed by atoms with Crippen molar-refractivity contribution in [1.29, 1.82) is 5.26 Å². The molecule has 0 spiro atoms. The molecule has 2 nitrogen and oxygen atoms in total. The highest BCUT2D eigenvalue weighted by molar-refractivity contribution is 5.67. The third-order valence-corrected chi connectivity index (χ3v) is 1.96. The van der Waals surface area contributed by atoms with Crippen LogP contribution in [0.3, 0.4) is 0 Å². The fourth-order valence-corrected chi connectivity index (χ4v) is 1.13. The Kier molecular flexibility index (Phi) is 3.92. The van der Waals surface area contributed by atoms with Crippen LogP contribution in [0.1, 0.15) is 18.4 Å². The maximum atomic E-state index is 12.9. The van der Waals surface area contributed by atoms with Crippen molar-refractivity contribution in [2.24, 2.45) is 4.99 Å². The number of nitrogens with zero attached hydrogens (tertiary/aromatic N) is 2. The van der Waals surface area contributed by atoms with Gasteiger partial charge in [-0.15, -0.1) is 0 Å². The molecule has 0 heterocycles. The summed E-state index contributed by atoms with van der Waals surface area (Å²) in [5.41, 5.74) is 0.635. The number of nitriles is 1. The monoisotopic (exact) mass is 208 g/mol. The average molecular weight is 208 g/mol. The third kappa shape index (κ3) is 3.13. The van der Waals surface area contributed by atoms with Crippen LogP contribution < -0.4 is 0 Å². The zero-order chi connectivity index (χ0) is 11.3. The molecule has 0 aromatic heterocycles. The molecule has 15 heavy (non-hydrogen) atoms. The molecular weight excluding hydrogens is 198 g/mol. The Bertz CT molecular complexity index is 408. The average Bonchev–Trinajstić information content (AvgIpc) is 2.22. The first kappa shape index (κ1) is 11.3. The molecule has 1 rings (SSSR count). The van der Waals surface area contributed by atoms with Crippen molar-refractivity contribution in [1.82, 2.24) is 0 Å². The molecular formula is C11H10F2N2. The molecule has 0 bridgehead atoms. The molecule has 0 aliphatic carbocycles. The highest BCUT2D eigenvalue weighted by Gasteiger charge is 2.06. The van der Waals surface area contributed by atoms with Crippen LogP contribution in [-0.2, 0) is 0 Å². The van der Waals surface area contributed by atoms with E-state index in [1.54, 1.807) is 13.1 Å². The Balaban J connectivity index is 2.79. The molecule has 1 unspecified atom stereocenters. The van der Waals surface area contributed by atoms with Crippen LogP contribution in [0.2, 0.25) is 0 Å². The van der Waals surface area contributed by atoms with E-state index in [2.05, 4.69) is 4.99 Å². The van der Waals surface area contributed by atoms with E-state index in [1.165, 1.54) is 6.07 Å². The van der Waals surface area contributed by atoms with Gasteiger partial charge in [0, 0.05) is 12.1 Å². The molecule has 4 heteroatoms. The van der Waals surface area contributed by atoms with E-state index >= 15 is 0 Å². The third-order valence-electron chi connectivity index (χ3n) is 1.96. The SMILES string of the molecule is CC(C=NCC#N)c1ccc(F)c(F)c1. The van der Waals surface area contributed by atoms with Gasteiger partial charge in [-0.2, -0.15) is 5.26 Å². The smallest absolute Gasteiger partial charge is 0.159 e. The minimum atomic E-state index is -0.868. The molecule has 78 valence electrons. The van der Waals surface area contributed by atoms with Gasteiger partial charge in [0.1, 0.15) is 6.54 Å². The van der Waals surface area contributed by atoms with Crippen LogP contribution >= 0.6 is 0 Å². The van der Waals surface area contributed by atoms with Crippen LogP contribution in [-0.4, -0.2) is 12.8 Å². The van der Waals surface area contributed by atoms with Crippen molar-refractivity contribution in [2.75, 3.05) is 6.54 Å². The summed E-state index contributed by atoms with van der Waals surface area (Å²) in [5.74, 6) is -1.86. The van der Waals surface area contributed by atoms with E-state index in [0.717, 1.165) is 12.1 Å². The first-order chi connectivity index (χ1) is 7.15. The van der Waals surface area contributed by atoms with Crippen molar-refractivity contribution in [3.63, 3.8) is 0 Å². The summed E-state index contributed by atoms with van der Waals surface area (Å²) in [5, 5.41) is 8.26. The van der Waals surface area contributed by atoms with Crippen molar-refractivity contribution < 1.29 is 8.78 Å². The van der Waals surface area contributed by atoms with Gasteiger partial charge in [-0.1, -0.05) is 13.0 Å². The van der Waals surface area contributed by atoms with Crippen molar-refractivity contribution >= 4 is 6.21 Å². The van der Waals surface area contributed by atoms with E-state index in [-0.39, 0.29) is 12.5 Å². The number of halogens is 2. The number of hydrogen-bond acceptors (Lipinski definition) is 2. The van der Waals surface area contributed by atoms with E-state index in [9.17, 15) is 8.78 Å². The summed E-state index contributed by atoms with van der Waals surface area (Å²) < 4.78 is 25.5. The van der Waals surface area contributed by atoms with Gasteiger partial charge in [0.2, 0.25) is 0 Å². The van der Waals surface area contributed by atoms with E-state index in [4.69, 9.17) is 5.26 Å². The van der Waals surface area contributed by atoms with Crippen molar-refractivity contribution in [2.45, 2.75) is 12.8 Å². The van der Waals surface area contributed by atoms with Gasteiger partial charge in [-0.05, 0) is 17.7 Å². The fourth-order valence-electron chi connectivity index (χ4n) is 1.13. The zero-order valence-corrected chi connectivity index (χ0v) is 8.24. The lowest BCUT2D eigenvalue weighted by Gasteiger charge is -2.05. The lowest BCUT2D eigenvalue weighted by molar-refractivity contribution is 0.507. The number of aliphatic imine (C=N–C) groups is 1. The van der Waals surface area contributed by atoms with E-state index in [0.29, 0.717) is 5.56 Å². The van der Waals surface area contributed by atoms with Gasteiger partial charge in [-0.25, -0.2) is 8.78 Å². The highest BCUT2D eigenvalue weighted by Crippen LogP contribution is 2.16. The molecule has 1 atom stereocenters. The summed E-state index contributed by atoms with van der Waals surface area (Å²) in [6, 6.07) is 5.58. The van der Waals surface area contributed by atoms with Crippen LogP contribution in [0.5, 0.6) is 0 Å². The number of hydrogen-bond donors (Lipinski definition) is 0. The van der Waals surface area contributed by atoms with Gasteiger partial charge in [0.05, 0.1) is 6.07 Å². The maximum Gasteiger partial charge on any atom is 0.159 e. The van der Waals surface area contributed by atoms with Gasteiger partial charge < -0.3 is 0 Å². The van der Waals surface area contributed by atoms with E-state index in [1.807, 2.05) is 6.07 Å². The van der Waals surface area contributed by atoms with Crippen LogP contribution in [0.4, 0.5) is 8.78 Å². The highest BCUT2D eigenvalue weighted by atomic mass is 19.2. The lowest BCUT2D eigenvalue weighted by atomic mass is 10.0. The Morgan fingerprint density at radius 2 is 2.20 bits per heavy atom. The van der Waals surface area contributed by atoms with Crippen molar-refractivity contribution in [3.8, 4) is 6.07 Å². The molecule has 0 saturated heterocycles. The Morgan fingerprint density at radius 3 is 2.80 bits per heavy atom. The first-order valence-corrected chi connectivity index (χ1v) is 4.47. The summed E-state index contributed by atoms with van der Waals surface area (Å²) >= 11 is 0. The largest absolute Gasteiger partial charge is 0.282 e. The molecule has 1 aromatic rings. The van der Waals surface area contributed by atoms with Gasteiger partial charge in [0.25, 0.3) is 0 Å². The second kappa shape index (κ2) is 5.20. The fraction of sp³-hybridized carbons (Fsp3) is 0.273. The quantitative estimate of drug-likeness (QED) is 0.555. The summed E-state index contributed by atoms with van der Waals surface area (Å²) in [4.78, 5) is 3.82. The molecule has 0 aliphatic rings. The predicted octanol–water partition coefficient (Wildman–Crippen LogP) is 2.66. The number of benzene rings is 1. The minimum absolute atomic E-state index is 0.0774. The second-order valence-corrected chi connectivity index (χ2v) is 3.11. The molecule has 1 aromatic carbocycles. The topological polar surface area (TPSA) is 36.1 Å². The standard InChI is InChI=1S/C11H10F2N2/c1-8(7-15-5-4-14)9-2-3-10(12)11(13)6-9/h2-3,6-8H,5H2,1H3. The molecule has 0 amide bonds. The number of rotatable bonds is 3. The Hall–Kier alpha value is -1.76.